The van der Waals surface area contributed by atoms with Crippen LogP contribution < -0.4 is 15.1 Å². The fourth-order valence-corrected chi connectivity index (χ4v) is 6.49. The van der Waals surface area contributed by atoms with Crippen molar-refractivity contribution in [2.24, 2.45) is 0 Å². The summed E-state index contributed by atoms with van der Waals surface area (Å²) in [7, 11) is -4.10. The van der Waals surface area contributed by atoms with Crippen LogP contribution in [-0.4, -0.2) is 74.7 Å². The Morgan fingerprint density at radius 2 is 1.78 bits per heavy atom. The summed E-state index contributed by atoms with van der Waals surface area (Å²) in [6, 6.07) is 14.6. The maximum atomic E-state index is 13.3. The zero-order valence-electron chi connectivity index (χ0n) is 20.1. The molecule has 4 rings (SSSR count). The molecule has 3 amide bonds. The van der Waals surface area contributed by atoms with Gasteiger partial charge in [-0.1, -0.05) is 0 Å². The maximum Gasteiger partial charge on any atom is 0.324 e. The molecule has 2 aliphatic heterocycles. The Hall–Kier alpha value is -3.66. The molecule has 0 aliphatic carbocycles. The van der Waals surface area contributed by atoms with Crippen molar-refractivity contribution in [1.82, 2.24) is 10.4 Å². The second kappa shape index (κ2) is 11.2. The first-order valence-electron chi connectivity index (χ1n) is 11.9. The van der Waals surface area contributed by atoms with E-state index in [9.17, 15) is 18.0 Å². The number of carbonyl (C=O) groups excluding carboxylic acids is 2. The second-order valence-electron chi connectivity index (χ2n) is 8.80. The number of nitrogens with zero attached hydrogens (tertiary/aromatic N) is 3. The van der Waals surface area contributed by atoms with E-state index in [1.807, 2.05) is 0 Å². The zero-order valence-corrected chi connectivity index (χ0v) is 20.9. The molecule has 2 fully saturated rings. The highest BCUT2D eigenvalue weighted by atomic mass is 32.2. The van der Waals surface area contributed by atoms with Gasteiger partial charge in [-0.15, -0.1) is 0 Å². The number of urea groups is 1. The van der Waals surface area contributed by atoms with Crippen molar-refractivity contribution in [3.05, 3.63) is 54.1 Å². The smallest absolute Gasteiger partial charge is 0.324 e. The highest BCUT2D eigenvalue weighted by Gasteiger charge is 2.52. The Kier molecular flexibility index (Phi) is 7.97. The van der Waals surface area contributed by atoms with Gasteiger partial charge in [0.1, 0.15) is 5.75 Å². The average Bonchev–Trinajstić information content (AvgIpc) is 3.31. The predicted molar refractivity (Wildman–Crippen MR) is 132 cm³/mol. The molecule has 11 nitrogen and oxygen atoms in total. The van der Waals surface area contributed by atoms with Crippen LogP contribution in [0.4, 0.5) is 10.5 Å². The van der Waals surface area contributed by atoms with E-state index >= 15 is 0 Å². The third-order valence-electron chi connectivity index (χ3n) is 6.71. The van der Waals surface area contributed by atoms with Crippen molar-refractivity contribution in [1.29, 1.82) is 5.26 Å². The third kappa shape index (κ3) is 5.24. The van der Waals surface area contributed by atoms with Gasteiger partial charge in [-0.2, -0.15) is 5.26 Å². The number of sulfone groups is 1. The van der Waals surface area contributed by atoms with E-state index in [0.29, 0.717) is 44.0 Å². The normalized spacial score (nSPS) is 17.4. The molecule has 0 saturated carbocycles. The van der Waals surface area contributed by atoms with Crippen molar-refractivity contribution in [3.8, 4) is 11.8 Å². The molecule has 0 spiro atoms. The SMILES string of the molecule is N#Cc1ccc(N2CCN(CCCOc3ccc(S(=O)(=O)C4(C(=O)NO)CCOCC4)cc3)C2=O)cc1. The Morgan fingerprint density at radius 1 is 1.11 bits per heavy atom. The molecule has 37 heavy (non-hydrogen) atoms. The second-order valence-corrected chi connectivity index (χ2v) is 11.1. The van der Waals surface area contributed by atoms with Gasteiger partial charge in [0, 0.05) is 38.5 Å². The highest BCUT2D eigenvalue weighted by molar-refractivity contribution is 7.93. The summed E-state index contributed by atoms with van der Waals surface area (Å²) in [5, 5.41) is 18.1. The Balaban J connectivity index is 1.30. The van der Waals surface area contributed by atoms with Gasteiger partial charge in [-0.3, -0.25) is 14.9 Å². The van der Waals surface area contributed by atoms with Crippen LogP contribution >= 0.6 is 0 Å². The van der Waals surface area contributed by atoms with Crippen molar-refractivity contribution < 1.29 is 32.7 Å². The summed E-state index contributed by atoms with van der Waals surface area (Å²) < 4.78 is 35.7. The standard InChI is InChI=1S/C25H28N4O7S/c26-18-19-2-4-20(5-3-19)29-14-13-28(24(29)31)12-1-15-36-21-6-8-22(9-7-21)37(33,34)25(23(30)27-32)10-16-35-17-11-25/h2-9,32H,1,10-17H2,(H,27,30). The minimum atomic E-state index is -4.10. The number of hydrogen-bond acceptors (Lipinski definition) is 8. The Bertz CT molecular complexity index is 1270. The number of ether oxygens (including phenoxy) is 2. The van der Waals surface area contributed by atoms with E-state index in [-0.39, 0.29) is 37.0 Å². The summed E-state index contributed by atoms with van der Waals surface area (Å²) in [6.45, 7) is 2.15. The molecular weight excluding hydrogens is 500 g/mol. The molecule has 2 saturated heterocycles. The molecule has 196 valence electrons. The molecule has 2 aromatic rings. The number of benzene rings is 2. The van der Waals surface area contributed by atoms with Crippen LogP contribution in [0.15, 0.2) is 53.4 Å². The fraction of sp³-hybridized carbons (Fsp3) is 0.400. The first-order chi connectivity index (χ1) is 17.8. The number of nitrogens with one attached hydrogen (secondary N) is 1. The summed E-state index contributed by atoms with van der Waals surface area (Å²) in [5.41, 5.74) is 2.78. The van der Waals surface area contributed by atoms with Gasteiger partial charge in [0.25, 0.3) is 5.91 Å². The molecule has 2 aliphatic rings. The zero-order chi connectivity index (χ0) is 26.5. The number of anilines is 1. The predicted octanol–water partition coefficient (Wildman–Crippen LogP) is 2.10. The van der Waals surface area contributed by atoms with Crippen LogP contribution in [0.3, 0.4) is 0 Å². The van der Waals surface area contributed by atoms with E-state index in [4.69, 9.17) is 19.9 Å². The first-order valence-corrected chi connectivity index (χ1v) is 13.4. The summed E-state index contributed by atoms with van der Waals surface area (Å²) in [5.74, 6) is -0.510. The molecule has 2 N–H and O–H groups in total. The van der Waals surface area contributed by atoms with E-state index < -0.39 is 20.5 Å². The van der Waals surface area contributed by atoms with Gasteiger partial charge in [0.05, 0.1) is 23.1 Å². The first kappa shape index (κ1) is 26.4. The van der Waals surface area contributed by atoms with Crippen molar-refractivity contribution in [2.75, 3.05) is 44.4 Å². The number of nitriles is 1. The number of amides is 3. The molecule has 0 radical (unpaired) electrons. The number of carbonyl (C=O) groups is 2. The van der Waals surface area contributed by atoms with Crippen LogP contribution in [0.25, 0.3) is 0 Å². The van der Waals surface area contributed by atoms with Crippen LogP contribution in [0, 0.1) is 11.3 Å². The molecule has 0 aromatic heterocycles. The van der Waals surface area contributed by atoms with Crippen LogP contribution in [0.2, 0.25) is 0 Å². The lowest BCUT2D eigenvalue weighted by Gasteiger charge is -2.34. The summed E-state index contributed by atoms with van der Waals surface area (Å²) >= 11 is 0. The molecule has 2 heterocycles. The quantitative estimate of drug-likeness (QED) is 0.285. The lowest BCUT2D eigenvalue weighted by atomic mass is 9.98. The van der Waals surface area contributed by atoms with Crippen molar-refractivity contribution in [3.63, 3.8) is 0 Å². The van der Waals surface area contributed by atoms with Gasteiger partial charge in [0.2, 0.25) is 0 Å². The molecule has 12 heteroatoms. The number of hydroxylamine groups is 1. The minimum Gasteiger partial charge on any atom is -0.494 e. The monoisotopic (exact) mass is 528 g/mol. The Morgan fingerprint density at radius 3 is 2.41 bits per heavy atom. The van der Waals surface area contributed by atoms with Gasteiger partial charge >= 0.3 is 6.03 Å². The van der Waals surface area contributed by atoms with Crippen molar-refractivity contribution >= 4 is 27.5 Å². The molecule has 0 atom stereocenters. The molecular formula is C25H28N4O7S. The van der Waals surface area contributed by atoms with Crippen LogP contribution in [-0.2, 0) is 19.4 Å². The highest BCUT2D eigenvalue weighted by Crippen LogP contribution is 2.35. The van der Waals surface area contributed by atoms with Crippen LogP contribution in [0.5, 0.6) is 5.75 Å². The van der Waals surface area contributed by atoms with Gasteiger partial charge < -0.3 is 14.4 Å². The lowest BCUT2D eigenvalue weighted by molar-refractivity contribution is -0.134. The summed E-state index contributed by atoms with van der Waals surface area (Å²) in [4.78, 5) is 28.4. The number of hydrogen-bond donors (Lipinski definition) is 2. The van der Waals surface area contributed by atoms with E-state index in [0.717, 1.165) is 5.69 Å². The summed E-state index contributed by atoms with van der Waals surface area (Å²) in [6.07, 6.45) is 0.461. The fourth-order valence-electron chi connectivity index (χ4n) is 4.55. The Labute approximate surface area is 215 Å². The van der Waals surface area contributed by atoms with Crippen molar-refractivity contribution in [2.45, 2.75) is 28.9 Å². The van der Waals surface area contributed by atoms with E-state index in [1.54, 1.807) is 34.1 Å². The van der Waals surface area contributed by atoms with E-state index in [2.05, 4.69) is 6.07 Å². The topological polar surface area (TPSA) is 149 Å². The molecule has 0 bridgehead atoms. The molecule has 0 unspecified atom stereocenters. The molecule has 2 aromatic carbocycles. The third-order valence-corrected chi connectivity index (χ3v) is 9.22. The lowest BCUT2D eigenvalue weighted by Crippen LogP contribution is -2.54. The van der Waals surface area contributed by atoms with Crippen LogP contribution in [0.1, 0.15) is 24.8 Å². The maximum absolute atomic E-state index is 13.3. The van der Waals surface area contributed by atoms with Gasteiger partial charge in [-0.25, -0.2) is 18.7 Å². The van der Waals surface area contributed by atoms with Gasteiger partial charge in [-0.05, 0) is 67.8 Å². The largest absolute Gasteiger partial charge is 0.494 e. The number of rotatable bonds is 9. The minimum absolute atomic E-state index is 0.0455. The average molecular weight is 529 g/mol. The van der Waals surface area contributed by atoms with Gasteiger partial charge in [0.15, 0.2) is 14.6 Å². The van der Waals surface area contributed by atoms with E-state index in [1.165, 1.54) is 29.7 Å².